The van der Waals surface area contributed by atoms with Crippen molar-refractivity contribution in [2.45, 2.75) is 320 Å². The van der Waals surface area contributed by atoms with Crippen molar-refractivity contribution in [2.75, 3.05) is 0 Å². The van der Waals surface area contributed by atoms with Crippen molar-refractivity contribution in [2.24, 2.45) is 0 Å². The van der Waals surface area contributed by atoms with Gasteiger partial charge in [0.1, 0.15) is 12.7 Å². The molecule has 8 aromatic rings. The third-order valence-corrected chi connectivity index (χ3v) is 11.4. The highest BCUT2D eigenvalue weighted by molar-refractivity contribution is 5.20. The first kappa shape index (κ1) is 105. The molecule has 0 aliphatic heterocycles. The lowest BCUT2D eigenvalue weighted by atomic mass is 9.88. The molecule has 0 amide bonds. The zero-order valence-corrected chi connectivity index (χ0v) is 69.4. The van der Waals surface area contributed by atoms with Crippen molar-refractivity contribution in [3.63, 3.8) is 0 Å². The molecule has 0 radical (unpaired) electrons. The number of hydrogen-bond acceptors (Lipinski definition) is 13. The van der Waals surface area contributed by atoms with Gasteiger partial charge in [0.05, 0.1) is 17.6 Å². The largest absolute Gasteiger partial charge is 0.265 e. The summed E-state index contributed by atoms with van der Waals surface area (Å²) in [4.78, 5) is 36.3. The molecule has 544 valence electrons. The van der Waals surface area contributed by atoms with Crippen molar-refractivity contribution >= 4 is 0 Å². The number of hydrogen-bond donors (Lipinski definition) is 0. The molecule has 0 saturated heterocycles. The Balaban J connectivity index is -0.000000149. The lowest BCUT2D eigenvalue weighted by molar-refractivity contribution is 0.558. The summed E-state index contributed by atoms with van der Waals surface area (Å²) in [6.07, 6.45) is 28.3. The molecule has 13 nitrogen and oxygen atoms in total. The predicted octanol–water partition coefficient (Wildman–Crippen LogP) is 24.2. The van der Waals surface area contributed by atoms with Crippen molar-refractivity contribution in [1.29, 1.82) is 0 Å². The van der Waals surface area contributed by atoms with Crippen LogP contribution in [0.25, 0.3) is 0 Å². The fourth-order valence-corrected chi connectivity index (χ4v) is 6.01. The van der Waals surface area contributed by atoms with Gasteiger partial charge in [-0.1, -0.05) is 289 Å². The van der Waals surface area contributed by atoms with Gasteiger partial charge in [-0.15, -0.1) is 0 Å². The number of rotatable bonds is 0. The lowest BCUT2D eigenvalue weighted by Crippen LogP contribution is -2.13. The van der Waals surface area contributed by atoms with Crippen LogP contribution in [0.3, 0.4) is 0 Å². The molecule has 0 unspecified atom stereocenters. The molecule has 96 heavy (non-hydrogen) atoms. The first-order valence-corrected chi connectivity index (χ1v) is 35.4. The highest BCUT2D eigenvalue weighted by atomic mass is 15.1. The van der Waals surface area contributed by atoms with Crippen molar-refractivity contribution in [1.82, 2.24) is 65.3 Å². The van der Waals surface area contributed by atoms with E-state index >= 15 is 0 Å². The van der Waals surface area contributed by atoms with E-state index in [9.17, 15) is 0 Å². The number of pyridine rings is 3. The summed E-state index contributed by atoms with van der Waals surface area (Å²) in [6, 6.07) is 22.0. The van der Waals surface area contributed by atoms with E-state index in [1.807, 2.05) is 190 Å². The Morgan fingerprint density at radius 3 is 0.833 bits per heavy atom. The summed E-state index contributed by atoms with van der Waals surface area (Å²) in [7, 11) is 0. The fraction of sp³-hybridized carbons (Fsp3) is 0.578. The molecule has 0 fully saturated rings. The van der Waals surface area contributed by atoms with Crippen LogP contribution in [0, 0.1) is 0 Å². The molecule has 0 bridgehead atoms. The SMILES string of the molecule is CC.CC.CC.CC.CC.CC.CC.CC.CC(C)(C)c1ccccn1.CC(C)(C)c1cccnc1.CC(C)(C)c1cccnn1.CC(C)(C)c1ccncc1.CC(C)(C)c1ccncn1.CC(C)(C)c1ccnnc1.CC(C)(C)c1cnccn1.CC(C)(C)c1cncnc1. The van der Waals surface area contributed by atoms with Crippen LogP contribution in [-0.2, 0) is 43.3 Å². The average molecular weight is 1330 g/mol. The fourth-order valence-electron chi connectivity index (χ4n) is 6.01. The standard InChI is InChI=1S/3C9H13N.5C8H12N2.8C2H6/c1-9(2,3)8-4-6-10-7-5-8;1-9(2,3)8-5-4-6-10-7-8;1-9(2,3)8-6-4-5-7-10-8;1-8(2,3)7-4-9-6-10-5-7;1-8(2,3)7-6-9-4-5-10-7;1-8(2,3)7-4-5-9-6-10-7;1-8(2,3)7-4-5-9-10-6-7;1-8(2,3)7-5-4-6-9-10-7;8*1-2/h3*4-7H,1-3H3;5*4-6H,1-3H3;8*1-2H3. The van der Waals surface area contributed by atoms with E-state index < -0.39 is 0 Å². The van der Waals surface area contributed by atoms with Crippen LogP contribution < -0.4 is 0 Å². The van der Waals surface area contributed by atoms with E-state index in [0.717, 1.165) is 22.8 Å². The highest BCUT2D eigenvalue weighted by Crippen LogP contribution is 2.24. The summed E-state index contributed by atoms with van der Waals surface area (Å²) in [5, 5.41) is 15.3. The Kier molecular flexibility index (Phi) is 65.9. The van der Waals surface area contributed by atoms with Crippen LogP contribution in [0.1, 0.15) is 322 Å². The Bertz CT molecular complexity index is 2180. The first-order chi connectivity index (χ1) is 44.8. The zero-order chi connectivity index (χ0) is 76.9. The Morgan fingerprint density at radius 1 is 0.198 bits per heavy atom. The molecule has 0 aliphatic carbocycles. The zero-order valence-electron chi connectivity index (χ0n) is 69.4. The minimum absolute atomic E-state index is 0.119. The Hall–Kier alpha value is -7.15. The maximum absolute atomic E-state index is 4.25. The topological polar surface area (TPSA) is 168 Å². The monoisotopic (exact) mass is 1330 g/mol. The second-order valence-electron chi connectivity index (χ2n) is 27.2. The normalized spacial score (nSPS) is 10.1. The van der Waals surface area contributed by atoms with Gasteiger partial charge in [-0.3, -0.25) is 24.9 Å². The van der Waals surface area contributed by atoms with Gasteiger partial charge in [0.15, 0.2) is 0 Å². The molecule has 0 N–H and O–H groups in total. The van der Waals surface area contributed by atoms with E-state index in [4.69, 9.17) is 0 Å². The molecular weight excluding hydrogens is 1180 g/mol. The lowest BCUT2D eigenvalue weighted by Gasteiger charge is -2.17. The Morgan fingerprint density at radius 2 is 0.583 bits per heavy atom. The average Bonchev–Trinajstić information content (AvgIpc) is 2.62. The Labute approximate surface area is 593 Å². The summed E-state index contributed by atoms with van der Waals surface area (Å²) >= 11 is 0. The minimum atomic E-state index is 0.119. The molecule has 8 heterocycles. The van der Waals surface area contributed by atoms with Gasteiger partial charge >= 0.3 is 0 Å². The van der Waals surface area contributed by atoms with Crippen LogP contribution >= 0.6 is 0 Å². The first-order valence-electron chi connectivity index (χ1n) is 35.4. The molecular formula is C83H147N13. The van der Waals surface area contributed by atoms with Crippen LogP contribution in [0.5, 0.6) is 0 Å². The van der Waals surface area contributed by atoms with Gasteiger partial charge in [0.2, 0.25) is 0 Å². The minimum Gasteiger partial charge on any atom is -0.265 e. The van der Waals surface area contributed by atoms with Crippen molar-refractivity contribution in [3.05, 3.63) is 211 Å². The molecule has 0 spiro atoms. The third-order valence-electron chi connectivity index (χ3n) is 11.4. The van der Waals surface area contributed by atoms with Gasteiger partial charge in [-0.25, -0.2) is 19.9 Å². The maximum atomic E-state index is 4.25. The van der Waals surface area contributed by atoms with E-state index in [2.05, 4.69) is 256 Å². The summed E-state index contributed by atoms with van der Waals surface area (Å²) in [5.74, 6) is 0. The molecule has 8 aromatic heterocycles. The molecule has 13 heteroatoms. The van der Waals surface area contributed by atoms with Gasteiger partial charge in [0, 0.05) is 114 Å². The van der Waals surface area contributed by atoms with Crippen LogP contribution in [-0.4, -0.2) is 65.3 Å². The summed E-state index contributed by atoms with van der Waals surface area (Å²) < 4.78 is 0. The van der Waals surface area contributed by atoms with Crippen molar-refractivity contribution in [3.8, 4) is 0 Å². The number of nitrogens with zero attached hydrogens (tertiary/aromatic N) is 13. The van der Waals surface area contributed by atoms with Crippen LogP contribution in [0.15, 0.2) is 166 Å². The van der Waals surface area contributed by atoms with Crippen LogP contribution in [0.2, 0.25) is 0 Å². The number of aromatic nitrogens is 13. The van der Waals surface area contributed by atoms with E-state index in [-0.39, 0.29) is 43.3 Å². The second-order valence-corrected chi connectivity index (χ2v) is 27.2. The predicted molar refractivity (Wildman–Crippen MR) is 423 cm³/mol. The summed E-state index contributed by atoms with van der Waals surface area (Å²) in [5.41, 5.74) is 10.7. The maximum Gasteiger partial charge on any atom is 0.115 e. The van der Waals surface area contributed by atoms with Gasteiger partial charge in [0.25, 0.3) is 0 Å². The molecule has 0 aromatic carbocycles. The summed E-state index contributed by atoms with van der Waals surface area (Å²) in [6.45, 7) is 83.7. The highest BCUT2D eigenvalue weighted by Gasteiger charge is 2.18. The molecule has 0 saturated carbocycles. The molecule has 0 atom stereocenters. The smallest absolute Gasteiger partial charge is 0.115 e. The second kappa shape index (κ2) is 60.3. The molecule has 0 aliphatic rings. The van der Waals surface area contributed by atoms with Crippen molar-refractivity contribution < 1.29 is 0 Å². The van der Waals surface area contributed by atoms with Gasteiger partial charge in [-0.2, -0.15) is 20.4 Å². The van der Waals surface area contributed by atoms with Crippen LogP contribution in [0.4, 0.5) is 0 Å². The molecule has 8 rings (SSSR count). The van der Waals surface area contributed by atoms with Gasteiger partial charge in [-0.05, 0) is 98.5 Å². The van der Waals surface area contributed by atoms with Gasteiger partial charge < -0.3 is 0 Å². The van der Waals surface area contributed by atoms with E-state index in [1.165, 1.54) is 22.3 Å². The third kappa shape index (κ3) is 58.2. The van der Waals surface area contributed by atoms with E-state index in [1.54, 1.807) is 62.2 Å². The quantitative estimate of drug-likeness (QED) is 0.141. The van der Waals surface area contributed by atoms with E-state index in [0.29, 0.717) is 0 Å².